The van der Waals surface area contributed by atoms with Gasteiger partial charge in [0, 0.05) is 31.9 Å². The van der Waals surface area contributed by atoms with Crippen LogP contribution in [0, 0.1) is 0 Å². The molecule has 0 radical (unpaired) electrons. The van der Waals surface area contributed by atoms with Gasteiger partial charge in [0.1, 0.15) is 0 Å². The second-order valence-electron chi connectivity index (χ2n) is 5.74. The lowest BCUT2D eigenvalue weighted by Gasteiger charge is -2.36. The molecule has 0 saturated carbocycles. The SMILES string of the molecule is CCCCc1ccc(N2CCN(CCCN)CC2)cc1. The Morgan fingerprint density at radius 1 is 1.00 bits per heavy atom. The second kappa shape index (κ2) is 8.28. The molecule has 1 aliphatic rings. The van der Waals surface area contributed by atoms with E-state index in [9.17, 15) is 0 Å². The van der Waals surface area contributed by atoms with Crippen LogP contribution in [-0.2, 0) is 6.42 Å². The predicted octanol–water partition coefficient (Wildman–Crippen LogP) is 2.50. The van der Waals surface area contributed by atoms with Crippen LogP contribution in [0.3, 0.4) is 0 Å². The fourth-order valence-corrected chi connectivity index (χ4v) is 2.80. The Balaban J connectivity index is 1.81. The highest BCUT2D eigenvalue weighted by atomic mass is 15.3. The van der Waals surface area contributed by atoms with Crippen molar-refractivity contribution < 1.29 is 0 Å². The zero-order valence-electron chi connectivity index (χ0n) is 12.9. The minimum Gasteiger partial charge on any atom is -0.369 e. The lowest BCUT2D eigenvalue weighted by Crippen LogP contribution is -2.46. The minimum absolute atomic E-state index is 0.805. The van der Waals surface area contributed by atoms with Gasteiger partial charge < -0.3 is 10.6 Å². The van der Waals surface area contributed by atoms with Gasteiger partial charge in [-0.3, -0.25) is 4.90 Å². The standard InChI is InChI=1S/C17H29N3/c1-2-3-5-16-6-8-17(9-7-16)20-14-12-19(13-15-20)11-4-10-18/h6-9H,2-5,10-15,18H2,1H3. The molecule has 2 rings (SSSR count). The number of unbranched alkanes of at least 4 members (excludes halogenated alkanes) is 1. The van der Waals surface area contributed by atoms with Gasteiger partial charge in [-0.2, -0.15) is 0 Å². The Kier molecular flexibility index (Phi) is 6.34. The van der Waals surface area contributed by atoms with Crippen molar-refractivity contribution >= 4 is 5.69 Å². The normalized spacial score (nSPS) is 16.6. The van der Waals surface area contributed by atoms with Crippen LogP contribution in [0.25, 0.3) is 0 Å². The van der Waals surface area contributed by atoms with Crippen molar-refractivity contribution in [2.75, 3.05) is 44.2 Å². The first-order chi connectivity index (χ1) is 9.83. The maximum absolute atomic E-state index is 5.58. The largest absolute Gasteiger partial charge is 0.369 e. The zero-order chi connectivity index (χ0) is 14.2. The molecule has 3 nitrogen and oxygen atoms in total. The van der Waals surface area contributed by atoms with Crippen LogP contribution < -0.4 is 10.6 Å². The van der Waals surface area contributed by atoms with E-state index in [4.69, 9.17) is 5.73 Å². The number of hydrogen-bond acceptors (Lipinski definition) is 3. The second-order valence-corrected chi connectivity index (χ2v) is 5.74. The van der Waals surface area contributed by atoms with Gasteiger partial charge in [-0.25, -0.2) is 0 Å². The molecule has 0 aromatic heterocycles. The fourth-order valence-electron chi connectivity index (χ4n) is 2.80. The molecule has 1 heterocycles. The molecular formula is C17H29N3. The van der Waals surface area contributed by atoms with Crippen molar-refractivity contribution in [2.24, 2.45) is 5.73 Å². The third kappa shape index (κ3) is 4.50. The van der Waals surface area contributed by atoms with E-state index in [0.717, 1.165) is 45.7 Å². The van der Waals surface area contributed by atoms with E-state index in [1.54, 1.807) is 0 Å². The number of nitrogens with zero attached hydrogens (tertiary/aromatic N) is 2. The fraction of sp³-hybridized carbons (Fsp3) is 0.647. The Hall–Kier alpha value is -1.06. The summed E-state index contributed by atoms with van der Waals surface area (Å²) in [6.45, 7) is 8.81. The average Bonchev–Trinajstić information content (AvgIpc) is 2.52. The Bertz CT molecular complexity index is 366. The first-order valence-corrected chi connectivity index (χ1v) is 8.10. The van der Waals surface area contributed by atoms with Crippen molar-refractivity contribution in [3.05, 3.63) is 29.8 Å². The van der Waals surface area contributed by atoms with Crippen molar-refractivity contribution in [3.63, 3.8) is 0 Å². The molecule has 0 bridgehead atoms. The van der Waals surface area contributed by atoms with Crippen LogP contribution in [0.1, 0.15) is 31.7 Å². The molecule has 0 unspecified atom stereocenters. The van der Waals surface area contributed by atoms with Crippen molar-refractivity contribution in [1.82, 2.24) is 4.90 Å². The predicted molar refractivity (Wildman–Crippen MR) is 87.4 cm³/mol. The molecular weight excluding hydrogens is 246 g/mol. The molecule has 112 valence electrons. The molecule has 2 N–H and O–H groups in total. The summed E-state index contributed by atoms with van der Waals surface area (Å²) in [5.74, 6) is 0. The van der Waals surface area contributed by atoms with Crippen molar-refractivity contribution in [3.8, 4) is 0 Å². The number of benzene rings is 1. The highest BCUT2D eigenvalue weighted by Crippen LogP contribution is 2.18. The molecule has 1 fully saturated rings. The summed E-state index contributed by atoms with van der Waals surface area (Å²) in [6, 6.07) is 9.18. The summed E-state index contributed by atoms with van der Waals surface area (Å²) in [5.41, 5.74) is 8.42. The van der Waals surface area contributed by atoms with Crippen LogP contribution in [0.5, 0.6) is 0 Å². The number of anilines is 1. The van der Waals surface area contributed by atoms with E-state index < -0.39 is 0 Å². The van der Waals surface area contributed by atoms with Crippen LogP contribution in [0.15, 0.2) is 24.3 Å². The summed E-state index contributed by atoms with van der Waals surface area (Å²) >= 11 is 0. The van der Waals surface area contributed by atoms with E-state index in [2.05, 4.69) is 41.0 Å². The van der Waals surface area contributed by atoms with Gasteiger partial charge in [-0.1, -0.05) is 25.5 Å². The maximum Gasteiger partial charge on any atom is 0.0367 e. The summed E-state index contributed by atoms with van der Waals surface area (Å²) < 4.78 is 0. The molecule has 1 aliphatic heterocycles. The molecule has 3 heteroatoms. The molecule has 1 aromatic rings. The van der Waals surface area contributed by atoms with Gasteiger partial charge in [0.15, 0.2) is 0 Å². The molecule has 0 amide bonds. The average molecular weight is 275 g/mol. The first-order valence-electron chi connectivity index (χ1n) is 8.10. The van der Waals surface area contributed by atoms with Gasteiger partial charge in [0.05, 0.1) is 0 Å². The third-order valence-corrected chi connectivity index (χ3v) is 4.17. The summed E-state index contributed by atoms with van der Waals surface area (Å²) in [4.78, 5) is 5.03. The summed E-state index contributed by atoms with van der Waals surface area (Å²) in [6.07, 6.45) is 4.89. The Morgan fingerprint density at radius 3 is 2.30 bits per heavy atom. The van der Waals surface area contributed by atoms with Crippen molar-refractivity contribution in [1.29, 1.82) is 0 Å². The van der Waals surface area contributed by atoms with Crippen molar-refractivity contribution in [2.45, 2.75) is 32.6 Å². The van der Waals surface area contributed by atoms with E-state index in [1.165, 1.54) is 30.5 Å². The smallest absolute Gasteiger partial charge is 0.0367 e. The van der Waals surface area contributed by atoms with E-state index in [-0.39, 0.29) is 0 Å². The topological polar surface area (TPSA) is 32.5 Å². The number of piperazine rings is 1. The molecule has 0 atom stereocenters. The highest BCUT2D eigenvalue weighted by molar-refractivity contribution is 5.48. The quantitative estimate of drug-likeness (QED) is 0.830. The van der Waals surface area contributed by atoms with Gasteiger partial charge >= 0.3 is 0 Å². The molecule has 0 aliphatic carbocycles. The first kappa shape index (κ1) is 15.3. The zero-order valence-corrected chi connectivity index (χ0v) is 12.9. The highest BCUT2D eigenvalue weighted by Gasteiger charge is 2.16. The lowest BCUT2D eigenvalue weighted by atomic mass is 10.1. The van der Waals surface area contributed by atoms with E-state index in [0.29, 0.717) is 0 Å². The van der Waals surface area contributed by atoms with Gasteiger partial charge in [-0.05, 0) is 50.0 Å². The Labute approximate surface area is 123 Å². The van der Waals surface area contributed by atoms with Gasteiger partial charge in [0.25, 0.3) is 0 Å². The third-order valence-electron chi connectivity index (χ3n) is 4.17. The van der Waals surface area contributed by atoms with Gasteiger partial charge in [-0.15, -0.1) is 0 Å². The van der Waals surface area contributed by atoms with Crippen LogP contribution >= 0.6 is 0 Å². The Morgan fingerprint density at radius 2 is 1.70 bits per heavy atom. The van der Waals surface area contributed by atoms with E-state index in [1.807, 2.05) is 0 Å². The molecule has 1 saturated heterocycles. The molecule has 1 aromatic carbocycles. The summed E-state index contributed by atoms with van der Waals surface area (Å²) in [5, 5.41) is 0. The van der Waals surface area contributed by atoms with E-state index >= 15 is 0 Å². The monoisotopic (exact) mass is 275 g/mol. The number of aryl methyl sites for hydroxylation is 1. The number of nitrogens with two attached hydrogens (primary N) is 1. The lowest BCUT2D eigenvalue weighted by molar-refractivity contribution is 0.256. The van der Waals surface area contributed by atoms with Gasteiger partial charge in [0.2, 0.25) is 0 Å². The number of rotatable bonds is 7. The molecule has 20 heavy (non-hydrogen) atoms. The molecule has 0 spiro atoms. The number of hydrogen-bond donors (Lipinski definition) is 1. The van der Waals surface area contributed by atoms with Crippen LogP contribution in [0.4, 0.5) is 5.69 Å². The van der Waals surface area contributed by atoms with Crippen LogP contribution in [0.2, 0.25) is 0 Å². The van der Waals surface area contributed by atoms with Crippen LogP contribution in [-0.4, -0.2) is 44.2 Å². The maximum atomic E-state index is 5.58. The minimum atomic E-state index is 0.805. The summed E-state index contributed by atoms with van der Waals surface area (Å²) in [7, 11) is 0.